The lowest BCUT2D eigenvalue weighted by Gasteiger charge is -2.32. The Balaban J connectivity index is 1.57. The number of hydrogen-bond donors (Lipinski definition) is 1. The van der Waals surface area contributed by atoms with E-state index in [2.05, 4.69) is 32.3 Å². The number of ether oxygens (including phenoxy) is 4. The average molecular weight is 417 g/mol. The van der Waals surface area contributed by atoms with Crippen LogP contribution in [0.15, 0.2) is 24.3 Å². The number of likely N-dealkylation sites (tertiary alicyclic amines) is 1. The molecule has 164 valence electrons. The topological polar surface area (TPSA) is 78.0 Å². The first-order valence-electron chi connectivity index (χ1n) is 10.5. The molecule has 2 aromatic rings. The third-order valence-corrected chi connectivity index (χ3v) is 4.99. The molecule has 0 spiro atoms. The number of methoxy groups -OCH3 is 2. The van der Waals surface area contributed by atoms with Gasteiger partial charge in [0.05, 0.1) is 33.5 Å². The van der Waals surface area contributed by atoms with Crippen molar-refractivity contribution in [3.8, 4) is 23.3 Å². The largest absolute Gasteiger partial charge is 0.494 e. The van der Waals surface area contributed by atoms with Gasteiger partial charge in [-0.15, -0.1) is 0 Å². The predicted molar refractivity (Wildman–Crippen MR) is 116 cm³/mol. The Morgan fingerprint density at radius 3 is 1.97 bits per heavy atom. The van der Waals surface area contributed by atoms with Crippen LogP contribution in [-0.4, -0.2) is 61.4 Å². The van der Waals surface area contributed by atoms with E-state index in [1.54, 1.807) is 20.3 Å². The number of rotatable bonds is 10. The van der Waals surface area contributed by atoms with Gasteiger partial charge in [-0.05, 0) is 44.4 Å². The van der Waals surface area contributed by atoms with Crippen LogP contribution in [0.4, 0.5) is 5.95 Å². The van der Waals surface area contributed by atoms with Crippen molar-refractivity contribution in [3.05, 3.63) is 29.8 Å². The minimum Gasteiger partial charge on any atom is -0.494 e. The monoisotopic (exact) mass is 416 g/mol. The van der Waals surface area contributed by atoms with Gasteiger partial charge >= 0.3 is 0 Å². The molecular weight excluding hydrogens is 384 g/mol. The first kappa shape index (κ1) is 22.0. The van der Waals surface area contributed by atoms with Gasteiger partial charge < -0.3 is 24.3 Å². The molecule has 0 aliphatic carbocycles. The molecule has 0 amide bonds. The molecule has 8 heteroatoms. The average Bonchev–Trinajstić information content (AvgIpc) is 2.75. The number of aromatic nitrogens is 2. The Hall–Kier alpha value is -2.74. The first-order chi connectivity index (χ1) is 14.6. The van der Waals surface area contributed by atoms with Crippen LogP contribution in [0.5, 0.6) is 23.3 Å². The number of benzene rings is 1. The standard InChI is InChI=1S/C22H32N4O4/c1-5-29-18-11-16(12-19(13-18)30-6-2)15-26-9-7-17(8-10-26)23-22-24-20(27-3)14-21(25-22)28-4/h11-14,17H,5-10,15H2,1-4H3,(H,23,24,25). The SMILES string of the molecule is CCOc1cc(CN2CCC(Nc3nc(OC)cc(OC)n3)CC2)cc(OCC)c1. The van der Waals surface area contributed by atoms with E-state index in [-0.39, 0.29) is 0 Å². The third-order valence-electron chi connectivity index (χ3n) is 4.99. The summed E-state index contributed by atoms with van der Waals surface area (Å²) in [6.07, 6.45) is 2.01. The second-order valence-electron chi connectivity index (χ2n) is 7.15. The fraction of sp³-hybridized carbons (Fsp3) is 0.545. The number of piperidine rings is 1. The van der Waals surface area contributed by atoms with Crippen LogP contribution in [0.2, 0.25) is 0 Å². The summed E-state index contributed by atoms with van der Waals surface area (Å²) in [6.45, 7) is 8.12. The highest BCUT2D eigenvalue weighted by Crippen LogP contribution is 2.26. The second-order valence-corrected chi connectivity index (χ2v) is 7.15. The maximum Gasteiger partial charge on any atom is 0.229 e. The summed E-state index contributed by atoms with van der Waals surface area (Å²) in [6, 6.07) is 8.14. The Morgan fingerprint density at radius 2 is 1.47 bits per heavy atom. The summed E-state index contributed by atoms with van der Waals surface area (Å²) in [5.41, 5.74) is 1.21. The third kappa shape index (κ3) is 6.13. The highest BCUT2D eigenvalue weighted by molar-refractivity contribution is 5.39. The van der Waals surface area contributed by atoms with Crippen LogP contribution in [-0.2, 0) is 6.54 Å². The normalized spacial score (nSPS) is 14.9. The van der Waals surface area contributed by atoms with Gasteiger partial charge in [-0.2, -0.15) is 9.97 Å². The Kier molecular flexibility index (Phi) is 7.96. The van der Waals surface area contributed by atoms with Crippen molar-refractivity contribution in [1.29, 1.82) is 0 Å². The molecular formula is C22H32N4O4. The van der Waals surface area contributed by atoms with Crippen LogP contribution in [0.25, 0.3) is 0 Å². The summed E-state index contributed by atoms with van der Waals surface area (Å²) in [5, 5.41) is 3.42. The lowest BCUT2D eigenvalue weighted by Crippen LogP contribution is -2.39. The van der Waals surface area contributed by atoms with Crippen molar-refractivity contribution in [2.75, 3.05) is 45.8 Å². The maximum atomic E-state index is 5.70. The van der Waals surface area contributed by atoms with E-state index in [1.165, 1.54) is 5.56 Å². The van der Waals surface area contributed by atoms with E-state index in [1.807, 2.05) is 19.9 Å². The van der Waals surface area contributed by atoms with Crippen molar-refractivity contribution in [1.82, 2.24) is 14.9 Å². The molecule has 1 aromatic heterocycles. The highest BCUT2D eigenvalue weighted by Gasteiger charge is 2.21. The quantitative estimate of drug-likeness (QED) is 0.632. The molecule has 1 aromatic carbocycles. The highest BCUT2D eigenvalue weighted by atomic mass is 16.5. The summed E-state index contributed by atoms with van der Waals surface area (Å²) < 4.78 is 21.9. The predicted octanol–water partition coefficient (Wildman–Crippen LogP) is 3.37. The summed E-state index contributed by atoms with van der Waals surface area (Å²) in [7, 11) is 3.17. The zero-order chi connectivity index (χ0) is 21.3. The summed E-state index contributed by atoms with van der Waals surface area (Å²) in [5.74, 6) is 3.23. The second kappa shape index (κ2) is 10.9. The fourth-order valence-electron chi connectivity index (χ4n) is 3.58. The zero-order valence-electron chi connectivity index (χ0n) is 18.3. The lowest BCUT2D eigenvalue weighted by molar-refractivity contribution is 0.210. The first-order valence-corrected chi connectivity index (χ1v) is 10.5. The van der Waals surface area contributed by atoms with Crippen molar-refractivity contribution < 1.29 is 18.9 Å². The minimum absolute atomic E-state index is 0.312. The molecule has 0 saturated carbocycles. The molecule has 1 aliphatic heterocycles. The van der Waals surface area contributed by atoms with Crippen LogP contribution in [0.1, 0.15) is 32.3 Å². The molecule has 8 nitrogen and oxygen atoms in total. The van der Waals surface area contributed by atoms with Crippen molar-refractivity contribution >= 4 is 5.95 Å². The lowest BCUT2D eigenvalue weighted by atomic mass is 10.0. The van der Waals surface area contributed by atoms with Gasteiger partial charge in [0, 0.05) is 31.7 Å². The molecule has 3 rings (SSSR count). The molecule has 2 heterocycles. The van der Waals surface area contributed by atoms with E-state index in [0.717, 1.165) is 44.0 Å². The molecule has 30 heavy (non-hydrogen) atoms. The molecule has 1 saturated heterocycles. The molecule has 0 atom stereocenters. The molecule has 1 aliphatic rings. The number of nitrogens with one attached hydrogen (secondary N) is 1. The van der Waals surface area contributed by atoms with Gasteiger partial charge in [0.25, 0.3) is 0 Å². The Labute approximate surface area is 178 Å². The van der Waals surface area contributed by atoms with E-state index in [9.17, 15) is 0 Å². The zero-order valence-corrected chi connectivity index (χ0v) is 18.3. The van der Waals surface area contributed by atoms with Gasteiger partial charge in [0.1, 0.15) is 11.5 Å². The van der Waals surface area contributed by atoms with E-state index >= 15 is 0 Å². The van der Waals surface area contributed by atoms with Crippen molar-refractivity contribution in [3.63, 3.8) is 0 Å². The van der Waals surface area contributed by atoms with Gasteiger partial charge in [-0.25, -0.2) is 0 Å². The fourth-order valence-corrected chi connectivity index (χ4v) is 3.58. The molecule has 0 bridgehead atoms. The van der Waals surface area contributed by atoms with Crippen LogP contribution >= 0.6 is 0 Å². The smallest absolute Gasteiger partial charge is 0.229 e. The Morgan fingerprint density at radius 1 is 0.900 bits per heavy atom. The molecule has 0 radical (unpaired) electrons. The van der Waals surface area contributed by atoms with Crippen LogP contribution < -0.4 is 24.3 Å². The van der Waals surface area contributed by atoms with Crippen LogP contribution in [0.3, 0.4) is 0 Å². The minimum atomic E-state index is 0.312. The summed E-state index contributed by atoms with van der Waals surface area (Å²) >= 11 is 0. The van der Waals surface area contributed by atoms with Crippen molar-refractivity contribution in [2.24, 2.45) is 0 Å². The maximum absolute atomic E-state index is 5.70. The molecule has 0 unspecified atom stereocenters. The number of anilines is 1. The Bertz CT molecular complexity index is 763. The van der Waals surface area contributed by atoms with Crippen LogP contribution in [0, 0.1) is 0 Å². The van der Waals surface area contributed by atoms with Gasteiger partial charge in [0.15, 0.2) is 0 Å². The van der Waals surface area contributed by atoms with E-state index in [4.69, 9.17) is 18.9 Å². The van der Waals surface area contributed by atoms with E-state index < -0.39 is 0 Å². The van der Waals surface area contributed by atoms with Gasteiger partial charge in [0.2, 0.25) is 17.7 Å². The van der Waals surface area contributed by atoms with Gasteiger partial charge in [-0.1, -0.05) is 0 Å². The molecule has 1 N–H and O–H groups in total. The number of nitrogens with zero attached hydrogens (tertiary/aromatic N) is 3. The van der Waals surface area contributed by atoms with Crippen molar-refractivity contribution in [2.45, 2.75) is 39.3 Å². The number of hydrogen-bond acceptors (Lipinski definition) is 8. The van der Waals surface area contributed by atoms with Gasteiger partial charge in [-0.3, -0.25) is 4.90 Å². The molecule has 1 fully saturated rings. The summed E-state index contributed by atoms with van der Waals surface area (Å²) in [4.78, 5) is 11.2. The van der Waals surface area contributed by atoms with E-state index in [0.29, 0.717) is 37.0 Å².